The van der Waals surface area contributed by atoms with E-state index in [-0.39, 0.29) is 0 Å². The van der Waals surface area contributed by atoms with Crippen LogP contribution in [0.1, 0.15) is 37.3 Å². The van der Waals surface area contributed by atoms with Gasteiger partial charge in [0.05, 0.1) is 0 Å². The third kappa shape index (κ3) is 3.74. The van der Waals surface area contributed by atoms with Gasteiger partial charge in [-0.05, 0) is 69.8 Å². The zero-order valence-corrected chi connectivity index (χ0v) is 11.2. The minimum absolute atomic E-state index is 0.534. The van der Waals surface area contributed by atoms with E-state index in [1.807, 2.05) is 0 Å². The van der Waals surface area contributed by atoms with Gasteiger partial charge in [-0.1, -0.05) is 6.07 Å². The second-order valence-electron chi connectivity index (χ2n) is 5.45. The Labute approximate surface area is 105 Å². The molecule has 2 unspecified atom stereocenters. The highest BCUT2D eigenvalue weighted by Crippen LogP contribution is 2.17. The first-order valence-electron chi connectivity index (χ1n) is 6.72. The normalized spacial score (nSPS) is 21.5. The molecule has 2 rings (SSSR count). The molecule has 0 aromatic heterocycles. The van der Waals surface area contributed by atoms with Crippen LogP contribution in [0.15, 0.2) is 18.2 Å². The lowest BCUT2D eigenvalue weighted by Gasteiger charge is -2.20. The molecule has 0 radical (unpaired) electrons. The van der Waals surface area contributed by atoms with Crippen LogP contribution in [0.5, 0.6) is 0 Å². The van der Waals surface area contributed by atoms with E-state index in [9.17, 15) is 0 Å². The second-order valence-corrected chi connectivity index (χ2v) is 5.45. The molecule has 17 heavy (non-hydrogen) atoms. The molecule has 0 amide bonds. The fraction of sp³-hybridized carbons (Fsp3) is 0.600. The Bertz CT molecular complexity index is 347. The second kappa shape index (κ2) is 5.54. The first kappa shape index (κ1) is 12.4. The van der Waals surface area contributed by atoms with E-state index in [2.05, 4.69) is 49.6 Å². The average Bonchev–Trinajstić information content (AvgIpc) is 2.67. The topological polar surface area (TPSA) is 24.1 Å². The molecular formula is C15H24N2. The van der Waals surface area contributed by atoms with Crippen molar-refractivity contribution in [2.75, 3.05) is 11.9 Å². The molecule has 1 saturated heterocycles. The Hall–Kier alpha value is -1.02. The molecule has 1 aromatic carbocycles. The summed E-state index contributed by atoms with van der Waals surface area (Å²) in [6, 6.07) is 7.92. The van der Waals surface area contributed by atoms with E-state index < -0.39 is 0 Å². The first-order valence-corrected chi connectivity index (χ1v) is 6.72. The number of aryl methyl sites for hydroxylation is 2. The highest BCUT2D eigenvalue weighted by Gasteiger charge is 2.16. The summed E-state index contributed by atoms with van der Waals surface area (Å²) >= 11 is 0. The molecule has 1 aromatic rings. The molecule has 1 aliphatic rings. The molecular weight excluding hydrogens is 208 g/mol. The van der Waals surface area contributed by atoms with E-state index in [0.29, 0.717) is 12.1 Å². The average molecular weight is 232 g/mol. The van der Waals surface area contributed by atoms with Crippen molar-refractivity contribution >= 4 is 5.69 Å². The van der Waals surface area contributed by atoms with Crippen LogP contribution in [0.4, 0.5) is 5.69 Å². The third-order valence-corrected chi connectivity index (χ3v) is 3.44. The Morgan fingerprint density at radius 3 is 2.59 bits per heavy atom. The van der Waals surface area contributed by atoms with Crippen molar-refractivity contribution in [3.8, 4) is 0 Å². The third-order valence-electron chi connectivity index (χ3n) is 3.44. The largest absolute Gasteiger partial charge is 0.383 e. The molecule has 0 saturated carbocycles. The lowest BCUT2D eigenvalue weighted by molar-refractivity contribution is 0.523. The van der Waals surface area contributed by atoms with Gasteiger partial charge >= 0.3 is 0 Å². The zero-order chi connectivity index (χ0) is 12.3. The maximum Gasteiger partial charge on any atom is 0.0347 e. The summed E-state index contributed by atoms with van der Waals surface area (Å²) in [7, 11) is 0. The fourth-order valence-corrected chi connectivity index (χ4v) is 2.79. The molecule has 2 heteroatoms. The zero-order valence-electron chi connectivity index (χ0n) is 11.2. The molecule has 0 bridgehead atoms. The van der Waals surface area contributed by atoms with Crippen molar-refractivity contribution in [1.29, 1.82) is 0 Å². The van der Waals surface area contributed by atoms with Crippen LogP contribution in [-0.4, -0.2) is 18.6 Å². The van der Waals surface area contributed by atoms with E-state index in [4.69, 9.17) is 0 Å². The van der Waals surface area contributed by atoms with Gasteiger partial charge in [0, 0.05) is 17.8 Å². The number of hydrogen-bond donors (Lipinski definition) is 2. The van der Waals surface area contributed by atoms with E-state index in [0.717, 1.165) is 0 Å². The first-order chi connectivity index (χ1) is 8.13. The fourth-order valence-electron chi connectivity index (χ4n) is 2.79. The Morgan fingerprint density at radius 1 is 1.29 bits per heavy atom. The van der Waals surface area contributed by atoms with Gasteiger partial charge in [0.15, 0.2) is 0 Å². The smallest absolute Gasteiger partial charge is 0.0347 e. The molecule has 1 fully saturated rings. The molecule has 2 N–H and O–H groups in total. The quantitative estimate of drug-likeness (QED) is 0.832. The van der Waals surface area contributed by atoms with Gasteiger partial charge in [0.25, 0.3) is 0 Å². The summed E-state index contributed by atoms with van der Waals surface area (Å²) in [4.78, 5) is 0. The summed E-state index contributed by atoms with van der Waals surface area (Å²) in [6.45, 7) is 7.78. The lowest BCUT2D eigenvalue weighted by atomic mass is 10.1. The van der Waals surface area contributed by atoms with Gasteiger partial charge < -0.3 is 10.6 Å². The van der Waals surface area contributed by atoms with E-state index >= 15 is 0 Å². The molecule has 94 valence electrons. The van der Waals surface area contributed by atoms with Gasteiger partial charge in [-0.3, -0.25) is 0 Å². The van der Waals surface area contributed by atoms with Gasteiger partial charge in [-0.25, -0.2) is 0 Å². The summed E-state index contributed by atoms with van der Waals surface area (Å²) in [5, 5.41) is 7.17. The van der Waals surface area contributed by atoms with Crippen LogP contribution in [-0.2, 0) is 0 Å². The van der Waals surface area contributed by atoms with Crippen LogP contribution in [0, 0.1) is 13.8 Å². The van der Waals surface area contributed by atoms with Crippen LogP contribution < -0.4 is 10.6 Å². The molecule has 2 atom stereocenters. The van der Waals surface area contributed by atoms with Crippen molar-refractivity contribution in [2.24, 2.45) is 0 Å². The summed E-state index contributed by atoms with van der Waals surface area (Å²) in [6.07, 6.45) is 3.88. The predicted octanol–water partition coefficient (Wildman–Crippen LogP) is 3.25. The van der Waals surface area contributed by atoms with Crippen molar-refractivity contribution in [3.63, 3.8) is 0 Å². The monoisotopic (exact) mass is 232 g/mol. The number of nitrogens with one attached hydrogen (secondary N) is 2. The number of anilines is 1. The van der Waals surface area contributed by atoms with Gasteiger partial charge in [-0.2, -0.15) is 0 Å². The molecule has 1 heterocycles. The highest BCUT2D eigenvalue weighted by atomic mass is 15.0. The number of rotatable bonds is 4. The Balaban J connectivity index is 1.90. The highest BCUT2D eigenvalue weighted by molar-refractivity contribution is 5.48. The van der Waals surface area contributed by atoms with Crippen LogP contribution in [0.2, 0.25) is 0 Å². The SMILES string of the molecule is Cc1cc(C)cc(NC(C)CC2CCCN2)c1. The minimum atomic E-state index is 0.534. The molecule has 1 aliphatic heterocycles. The maximum atomic E-state index is 3.61. The predicted molar refractivity (Wildman–Crippen MR) is 74.6 cm³/mol. The van der Waals surface area contributed by atoms with Crippen LogP contribution >= 0.6 is 0 Å². The van der Waals surface area contributed by atoms with Crippen molar-refractivity contribution in [3.05, 3.63) is 29.3 Å². The standard InChI is InChI=1S/C15H24N2/c1-11-7-12(2)9-15(8-11)17-13(3)10-14-5-4-6-16-14/h7-9,13-14,16-17H,4-6,10H2,1-3H3. The maximum absolute atomic E-state index is 3.61. The molecule has 0 aliphatic carbocycles. The summed E-state index contributed by atoms with van der Waals surface area (Å²) in [5.41, 5.74) is 3.92. The molecule has 0 spiro atoms. The summed E-state index contributed by atoms with van der Waals surface area (Å²) in [5.74, 6) is 0. The van der Waals surface area contributed by atoms with Crippen LogP contribution in [0.3, 0.4) is 0 Å². The van der Waals surface area contributed by atoms with Crippen molar-refractivity contribution in [2.45, 2.75) is 52.1 Å². The van der Waals surface area contributed by atoms with E-state index in [1.54, 1.807) is 0 Å². The Morgan fingerprint density at radius 2 is 2.00 bits per heavy atom. The van der Waals surface area contributed by atoms with Gasteiger partial charge in [0.1, 0.15) is 0 Å². The van der Waals surface area contributed by atoms with E-state index in [1.165, 1.54) is 42.6 Å². The molecule has 2 nitrogen and oxygen atoms in total. The van der Waals surface area contributed by atoms with Crippen molar-refractivity contribution < 1.29 is 0 Å². The number of benzene rings is 1. The lowest BCUT2D eigenvalue weighted by Crippen LogP contribution is -2.29. The Kier molecular flexibility index (Phi) is 4.06. The van der Waals surface area contributed by atoms with Gasteiger partial charge in [-0.15, -0.1) is 0 Å². The summed E-state index contributed by atoms with van der Waals surface area (Å²) < 4.78 is 0. The van der Waals surface area contributed by atoms with Gasteiger partial charge in [0.2, 0.25) is 0 Å². The van der Waals surface area contributed by atoms with Crippen molar-refractivity contribution in [1.82, 2.24) is 5.32 Å². The minimum Gasteiger partial charge on any atom is -0.383 e. The number of hydrogen-bond acceptors (Lipinski definition) is 2. The van der Waals surface area contributed by atoms with Crippen LogP contribution in [0.25, 0.3) is 0 Å².